The number of nitrogens with one attached hydrogen (secondary N) is 1. The van der Waals surface area contributed by atoms with E-state index in [1.165, 1.54) is 12.8 Å². The standard InChI is InChI=1S/C21H23N5O/c1-26(16-10-14-4-5-15(11-16)23-14)21-7-6-18(24-25-21)17-9-13-3-2-8-22-19(13)12-20(17)27/h2-3,6-9,12,14-16,23,27H,4-5,10-11H2,1H3/t14-,15+,16+. The van der Waals surface area contributed by atoms with Gasteiger partial charge in [0.1, 0.15) is 5.75 Å². The zero-order valence-corrected chi connectivity index (χ0v) is 15.3. The molecule has 6 nitrogen and oxygen atoms in total. The van der Waals surface area contributed by atoms with E-state index in [-0.39, 0.29) is 5.75 Å². The Hall–Kier alpha value is -2.73. The average molecular weight is 361 g/mol. The van der Waals surface area contributed by atoms with Crippen molar-refractivity contribution < 1.29 is 5.11 Å². The summed E-state index contributed by atoms with van der Waals surface area (Å²) in [5.41, 5.74) is 2.11. The van der Waals surface area contributed by atoms with E-state index in [0.717, 1.165) is 29.6 Å². The fourth-order valence-corrected chi connectivity index (χ4v) is 4.50. The molecule has 2 N–H and O–H groups in total. The maximum atomic E-state index is 10.4. The molecular weight excluding hydrogens is 338 g/mol. The van der Waals surface area contributed by atoms with Crippen LogP contribution >= 0.6 is 0 Å². The highest BCUT2D eigenvalue weighted by Gasteiger charge is 2.35. The van der Waals surface area contributed by atoms with Crippen LogP contribution in [0.2, 0.25) is 0 Å². The van der Waals surface area contributed by atoms with E-state index < -0.39 is 0 Å². The van der Waals surface area contributed by atoms with Gasteiger partial charge in [-0.2, -0.15) is 0 Å². The van der Waals surface area contributed by atoms with Crippen LogP contribution in [-0.2, 0) is 0 Å². The molecule has 2 saturated heterocycles. The normalized spacial score (nSPS) is 24.3. The summed E-state index contributed by atoms with van der Waals surface area (Å²) in [5.74, 6) is 1.05. The van der Waals surface area contributed by atoms with Crippen molar-refractivity contribution in [3.05, 3.63) is 42.6 Å². The van der Waals surface area contributed by atoms with Crippen LogP contribution in [0.4, 0.5) is 5.82 Å². The lowest BCUT2D eigenvalue weighted by Crippen LogP contribution is -2.47. The first-order valence-electron chi connectivity index (χ1n) is 9.58. The van der Waals surface area contributed by atoms with Crippen LogP contribution < -0.4 is 10.2 Å². The molecule has 0 saturated carbocycles. The number of fused-ring (bicyclic) bond motifs is 3. The fraction of sp³-hybridized carbons (Fsp3) is 0.381. The molecule has 2 fully saturated rings. The van der Waals surface area contributed by atoms with Crippen LogP contribution in [0, 0.1) is 0 Å². The van der Waals surface area contributed by atoms with Crippen LogP contribution in [0.25, 0.3) is 22.2 Å². The highest BCUT2D eigenvalue weighted by Crippen LogP contribution is 2.33. The Kier molecular flexibility index (Phi) is 3.93. The Balaban J connectivity index is 1.41. The molecule has 2 aromatic heterocycles. The summed E-state index contributed by atoms with van der Waals surface area (Å²) in [5, 5.41) is 23.9. The SMILES string of the molecule is CN(c1ccc(-c2cc3cccnc3cc2O)nn1)[C@H]1C[C@H]2CC[C@@H](C1)N2. The van der Waals surface area contributed by atoms with E-state index in [1.54, 1.807) is 12.3 Å². The van der Waals surface area contributed by atoms with Crippen LogP contribution in [0.5, 0.6) is 5.75 Å². The predicted molar refractivity (Wildman–Crippen MR) is 106 cm³/mol. The third kappa shape index (κ3) is 3.00. The van der Waals surface area contributed by atoms with Gasteiger partial charge in [0.25, 0.3) is 0 Å². The van der Waals surface area contributed by atoms with E-state index in [4.69, 9.17) is 0 Å². The van der Waals surface area contributed by atoms with E-state index >= 15 is 0 Å². The van der Waals surface area contributed by atoms with Crippen molar-refractivity contribution in [3.63, 3.8) is 0 Å². The van der Waals surface area contributed by atoms with Gasteiger partial charge in [-0.1, -0.05) is 6.07 Å². The first-order valence-corrected chi connectivity index (χ1v) is 9.58. The molecule has 0 spiro atoms. The number of anilines is 1. The van der Waals surface area contributed by atoms with Gasteiger partial charge >= 0.3 is 0 Å². The van der Waals surface area contributed by atoms with Crippen molar-refractivity contribution in [1.29, 1.82) is 0 Å². The van der Waals surface area contributed by atoms with Gasteiger partial charge in [-0.15, -0.1) is 10.2 Å². The molecule has 1 aromatic carbocycles. The molecule has 3 aromatic rings. The molecule has 6 heteroatoms. The van der Waals surface area contributed by atoms with E-state index in [2.05, 4.69) is 32.4 Å². The number of benzene rings is 1. The van der Waals surface area contributed by atoms with Gasteiger partial charge in [-0.3, -0.25) is 4.98 Å². The quantitative estimate of drug-likeness (QED) is 0.747. The Labute approximate surface area is 158 Å². The van der Waals surface area contributed by atoms with E-state index in [1.807, 2.05) is 30.3 Å². The minimum Gasteiger partial charge on any atom is -0.507 e. The maximum Gasteiger partial charge on any atom is 0.151 e. The summed E-state index contributed by atoms with van der Waals surface area (Å²) in [4.78, 5) is 6.53. The van der Waals surface area contributed by atoms with Crippen molar-refractivity contribution in [3.8, 4) is 17.0 Å². The smallest absolute Gasteiger partial charge is 0.151 e. The molecule has 4 heterocycles. The molecule has 0 unspecified atom stereocenters. The first kappa shape index (κ1) is 16.4. The number of nitrogens with zero attached hydrogens (tertiary/aromatic N) is 4. The Morgan fingerprint density at radius 2 is 1.89 bits per heavy atom. The van der Waals surface area contributed by atoms with Gasteiger partial charge < -0.3 is 15.3 Å². The summed E-state index contributed by atoms with van der Waals surface area (Å²) in [6, 6.07) is 13.2. The second-order valence-corrected chi connectivity index (χ2v) is 7.72. The number of phenols is 1. The summed E-state index contributed by atoms with van der Waals surface area (Å²) in [7, 11) is 2.11. The van der Waals surface area contributed by atoms with Crippen LogP contribution in [0.1, 0.15) is 25.7 Å². The van der Waals surface area contributed by atoms with Crippen LogP contribution in [-0.4, -0.2) is 45.5 Å². The zero-order valence-electron chi connectivity index (χ0n) is 15.3. The molecule has 0 radical (unpaired) electrons. The molecule has 2 aliphatic rings. The lowest BCUT2D eigenvalue weighted by molar-refractivity contribution is 0.353. The summed E-state index contributed by atoms with van der Waals surface area (Å²) >= 11 is 0. The number of hydrogen-bond acceptors (Lipinski definition) is 6. The Bertz CT molecular complexity index is 962. The molecule has 2 aliphatic heterocycles. The van der Waals surface area contributed by atoms with Gasteiger partial charge in [-0.05, 0) is 49.9 Å². The average Bonchev–Trinajstić information content (AvgIpc) is 3.04. The Morgan fingerprint density at radius 3 is 2.63 bits per heavy atom. The molecule has 2 bridgehead atoms. The van der Waals surface area contributed by atoms with Crippen molar-refractivity contribution in [2.45, 2.75) is 43.8 Å². The van der Waals surface area contributed by atoms with Crippen molar-refractivity contribution in [2.24, 2.45) is 0 Å². The largest absolute Gasteiger partial charge is 0.507 e. The van der Waals surface area contributed by atoms with Crippen LogP contribution in [0.3, 0.4) is 0 Å². The lowest BCUT2D eigenvalue weighted by Gasteiger charge is -2.36. The van der Waals surface area contributed by atoms with E-state index in [9.17, 15) is 5.11 Å². The molecule has 138 valence electrons. The van der Waals surface area contributed by atoms with Gasteiger partial charge in [0.05, 0.1) is 11.2 Å². The van der Waals surface area contributed by atoms with Gasteiger partial charge in [0.2, 0.25) is 0 Å². The second-order valence-electron chi connectivity index (χ2n) is 7.72. The summed E-state index contributed by atoms with van der Waals surface area (Å²) in [6.45, 7) is 0. The molecule has 3 atom stereocenters. The number of rotatable bonds is 3. The first-order chi connectivity index (χ1) is 13.2. The highest BCUT2D eigenvalue weighted by molar-refractivity contribution is 5.87. The number of piperidine rings is 1. The third-order valence-electron chi connectivity index (χ3n) is 6.00. The topological polar surface area (TPSA) is 74.2 Å². The summed E-state index contributed by atoms with van der Waals surface area (Å²) in [6.07, 6.45) is 6.62. The van der Waals surface area contributed by atoms with E-state index in [0.29, 0.717) is 29.4 Å². The van der Waals surface area contributed by atoms with Gasteiger partial charge in [0, 0.05) is 48.4 Å². The van der Waals surface area contributed by atoms with Crippen LogP contribution in [0.15, 0.2) is 42.6 Å². The summed E-state index contributed by atoms with van der Waals surface area (Å²) < 4.78 is 0. The zero-order chi connectivity index (χ0) is 18.4. The molecule has 0 amide bonds. The van der Waals surface area contributed by atoms with Gasteiger partial charge in [0.15, 0.2) is 5.82 Å². The minimum absolute atomic E-state index is 0.173. The fourth-order valence-electron chi connectivity index (χ4n) is 4.50. The maximum absolute atomic E-state index is 10.4. The van der Waals surface area contributed by atoms with Crippen molar-refractivity contribution >= 4 is 16.7 Å². The minimum atomic E-state index is 0.173. The van der Waals surface area contributed by atoms with Crippen molar-refractivity contribution in [2.75, 3.05) is 11.9 Å². The Morgan fingerprint density at radius 1 is 1.07 bits per heavy atom. The van der Waals surface area contributed by atoms with Crippen molar-refractivity contribution in [1.82, 2.24) is 20.5 Å². The molecular formula is C21H23N5O. The molecule has 0 aliphatic carbocycles. The number of pyridine rings is 1. The highest BCUT2D eigenvalue weighted by atomic mass is 16.3. The second kappa shape index (κ2) is 6.46. The number of aromatic hydroxyl groups is 1. The third-order valence-corrected chi connectivity index (χ3v) is 6.00. The number of hydrogen-bond donors (Lipinski definition) is 2. The monoisotopic (exact) mass is 361 g/mol. The van der Waals surface area contributed by atoms with Gasteiger partial charge in [-0.25, -0.2) is 0 Å². The number of phenolic OH excluding ortho intramolecular Hbond substituents is 1. The molecule has 27 heavy (non-hydrogen) atoms. The lowest BCUT2D eigenvalue weighted by atomic mass is 9.98. The predicted octanol–water partition coefficient (Wildman–Crippen LogP) is 3.12. The number of aromatic nitrogens is 3. The molecule has 5 rings (SSSR count).